The summed E-state index contributed by atoms with van der Waals surface area (Å²) in [6, 6.07) is 23.2. The number of carbonyl (C=O) groups is 1. The van der Waals surface area contributed by atoms with E-state index in [1.807, 2.05) is 24.0 Å². The molecule has 2 aliphatic rings. The van der Waals surface area contributed by atoms with Gasteiger partial charge in [0.1, 0.15) is 0 Å². The summed E-state index contributed by atoms with van der Waals surface area (Å²) in [4.78, 5) is 22.7. The van der Waals surface area contributed by atoms with Crippen LogP contribution in [0.25, 0.3) is 0 Å². The van der Waals surface area contributed by atoms with E-state index >= 15 is 0 Å². The van der Waals surface area contributed by atoms with Gasteiger partial charge in [-0.1, -0.05) is 42.3 Å². The lowest BCUT2D eigenvalue weighted by atomic mass is 10.0. The summed E-state index contributed by atoms with van der Waals surface area (Å²) >= 11 is 0. The highest BCUT2D eigenvalue weighted by molar-refractivity contribution is 5.96. The predicted molar refractivity (Wildman–Crippen MR) is 152 cm³/mol. The molecule has 2 fully saturated rings. The maximum atomic E-state index is 13.5. The Balaban J connectivity index is 1.19. The number of benzene rings is 3. The number of anilines is 2. The number of nitrogens with zero attached hydrogens (tertiary/aromatic N) is 4. The Kier molecular flexibility index (Phi) is 7.48. The van der Waals surface area contributed by atoms with Crippen LogP contribution >= 0.6 is 0 Å². The van der Waals surface area contributed by atoms with Crippen LogP contribution in [-0.2, 0) is 6.54 Å². The van der Waals surface area contributed by atoms with Gasteiger partial charge in [-0.25, -0.2) is 0 Å². The third-order valence-electron chi connectivity index (χ3n) is 7.64. The molecule has 0 aliphatic carbocycles. The highest BCUT2D eigenvalue weighted by Gasteiger charge is 2.24. The molecule has 5 heteroatoms. The molecule has 3 aromatic carbocycles. The second-order valence-corrected chi connectivity index (χ2v) is 10.2. The van der Waals surface area contributed by atoms with Gasteiger partial charge in [0.2, 0.25) is 0 Å². The fraction of sp³-hybridized carbons (Fsp3) is 0.344. The molecule has 0 unspecified atom stereocenters. The fourth-order valence-corrected chi connectivity index (χ4v) is 5.44. The SMILES string of the molecule is C#Cc1ccccc1N1CCN(Cc2ccc(C)c(C(=O)N3CCN(c4cccc(C)c4)CC3)c2)CC1. The standard InChI is InChI=1S/C32H36N4O/c1-4-28-9-5-6-11-31(28)35-16-14-33(15-17-35)24-27-13-12-26(3)30(23-27)32(37)36-20-18-34(19-21-36)29-10-7-8-25(2)22-29/h1,5-13,22-23H,14-21,24H2,2-3H3. The Morgan fingerprint density at radius 3 is 2.27 bits per heavy atom. The first-order valence-electron chi connectivity index (χ1n) is 13.2. The average molecular weight is 493 g/mol. The van der Waals surface area contributed by atoms with E-state index in [1.165, 1.54) is 16.8 Å². The zero-order valence-electron chi connectivity index (χ0n) is 22.0. The van der Waals surface area contributed by atoms with E-state index in [9.17, 15) is 4.79 Å². The van der Waals surface area contributed by atoms with Gasteiger partial charge in [-0.3, -0.25) is 9.69 Å². The normalized spacial score (nSPS) is 16.5. The van der Waals surface area contributed by atoms with Gasteiger partial charge in [0, 0.05) is 75.7 Å². The number of terminal acetylenes is 1. The van der Waals surface area contributed by atoms with Crippen LogP contribution in [0.5, 0.6) is 0 Å². The molecule has 37 heavy (non-hydrogen) atoms. The fourth-order valence-electron chi connectivity index (χ4n) is 5.44. The van der Waals surface area contributed by atoms with Crippen molar-refractivity contribution >= 4 is 17.3 Å². The molecule has 5 nitrogen and oxygen atoms in total. The lowest BCUT2D eigenvalue weighted by Gasteiger charge is -2.37. The number of para-hydroxylation sites is 1. The topological polar surface area (TPSA) is 30.0 Å². The highest BCUT2D eigenvalue weighted by Crippen LogP contribution is 2.23. The summed E-state index contributed by atoms with van der Waals surface area (Å²) in [6.45, 7) is 12.1. The molecule has 0 N–H and O–H groups in total. The minimum Gasteiger partial charge on any atom is -0.368 e. The quantitative estimate of drug-likeness (QED) is 0.488. The lowest BCUT2D eigenvalue weighted by molar-refractivity contribution is 0.0746. The molecule has 2 aliphatic heterocycles. The number of carbonyl (C=O) groups excluding carboxylic acids is 1. The summed E-state index contributed by atoms with van der Waals surface area (Å²) in [5, 5.41) is 0. The molecule has 3 aromatic rings. The van der Waals surface area contributed by atoms with E-state index in [0.29, 0.717) is 0 Å². The van der Waals surface area contributed by atoms with Crippen LogP contribution in [0.3, 0.4) is 0 Å². The van der Waals surface area contributed by atoms with Crippen LogP contribution < -0.4 is 9.80 Å². The van der Waals surface area contributed by atoms with Gasteiger partial charge in [0.05, 0.1) is 5.69 Å². The monoisotopic (exact) mass is 492 g/mol. The zero-order valence-corrected chi connectivity index (χ0v) is 22.0. The van der Waals surface area contributed by atoms with Gasteiger partial charge in [-0.2, -0.15) is 0 Å². The Bertz CT molecular complexity index is 1290. The van der Waals surface area contributed by atoms with Crippen LogP contribution in [0.2, 0.25) is 0 Å². The number of piperazine rings is 2. The molecule has 2 saturated heterocycles. The molecule has 5 rings (SSSR count). The van der Waals surface area contributed by atoms with E-state index in [2.05, 4.69) is 82.1 Å². The lowest BCUT2D eigenvalue weighted by Crippen LogP contribution is -2.49. The van der Waals surface area contributed by atoms with Gasteiger partial charge in [0.15, 0.2) is 0 Å². The highest BCUT2D eigenvalue weighted by atomic mass is 16.2. The van der Waals surface area contributed by atoms with Crippen LogP contribution in [-0.4, -0.2) is 68.1 Å². The van der Waals surface area contributed by atoms with Crippen molar-refractivity contribution in [1.29, 1.82) is 0 Å². The first kappa shape index (κ1) is 24.9. The molecule has 0 saturated carbocycles. The van der Waals surface area contributed by atoms with Crippen molar-refractivity contribution in [3.63, 3.8) is 0 Å². The van der Waals surface area contributed by atoms with E-state index in [-0.39, 0.29) is 5.91 Å². The smallest absolute Gasteiger partial charge is 0.254 e. The molecule has 2 heterocycles. The van der Waals surface area contributed by atoms with Crippen molar-refractivity contribution in [2.45, 2.75) is 20.4 Å². The zero-order chi connectivity index (χ0) is 25.8. The van der Waals surface area contributed by atoms with E-state index in [1.54, 1.807) is 0 Å². The van der Waals surface area contributed by atoms with E-state index in [0.717, 1.165) is 81.3 Å². The minimum absolute atomic E-state index is 0.152. The molecule has 0 radical (unpaired) electrons. The Morgan fingerprint density at radius 1 is 0.811 bits per heavy atom. The predicted octanol–water partition coefficient (Wildman–Crippen LogP) is 4.57. The summed E-state index contributed by atoms with van der Waals surface area (Å²) in [5.41, 5.74) is 7.70. The summed E-state index contributed by atoms with van der Waals surface area (Å²) < 4.78 is 0. The molecule has 190 valence electrons. The van der Waals surface area contributed by atoms with E-state index < -0.39 is 0 Å². The maximum Gasteiger partial charge on any atom is 0.254 e. The van der Waals surface area contributed by atoms with Crippen molar-refractivity contribution in [3.05, 3.63) is 94.5 Å². The van der Waals surface area contributed by atoms with Crippen molar-refractivity contribution in [2.75, 3.05) is 62.2 Å². The summed E-state index contributed by atoms with van der Waals surface area (Å²) in [7, 11) is 0. The molecular weight excluding hydrogens is 456 g/mol. The van der Waals surface area contributed by atoms with Crippen LogP contribution in [0.15, 0.2) is 66.7 Å². The van der Waals surface area contributed by atoms with Gasteiger partial charge in [-0.05, 0) is 60.9 Å². The number of hydrogen-bond acceptors (Lipinski definition) is 4. The van der Waals surface area contributed by atoms with E-state index in [4.69, 9.17) is 6.42 Å². The molecule has 1 amide bonds. The van der Waals surface area contributed by atoms with Gasteiger partial charge in [0.25, 0.3) is 5.91 Å². The number of amides is 1. The van der Waals surface area contributed by atoms with Gasteiger partial charge < -0.3 is 14.7 Å². The van der Waals surface area contributed by atoms with Crippen molar-refractivity contribution in [2.24, 2.45) is 0 Å². The minimum atomic E-state index is 0.152. The number of rotatable bonds is 5. The molecule has 0 aromatic heterocycles. The Hall–Kier alpha value is -3.75. The molecule has 0 spiro atoms. The molecule has 0 bridgehead atoms. The first-order valence-corrected chi connectivity index (χ1v) is 13.2. The average Bonchev–Trinajstić information content (AvgIpc) is 2.94. The van der Waals surface area contributed by atoms with Crippen molar-refractivity contribution in [1.82, 2.24) is 9.80 Å². The maximum absolute atomic E-state index is 13.5. The second kappa shape index (κ2) is 11.1. The third kappa shape index (κ3) is 5.65. The first-order chi connectivity index (χ1) is 18.0. The van der Waals surface area contributed by atoms with Crippen LogP contribution in [0.1, 0.15) is 32.6 Å². The second-order valence-electron chi connectivity index (χ2n) is 10.2. The van der Waals surface area contributed by atoms with Crippen LogP contribution in [0, 0.1) is 26.2 Å². The van der Waals surface area contributed by atoms with Gasteiger partial charge in [-0.15, -0.1) is 6.42 Å². The third-order valence-corrected chi connectivity index (χ3v) is 7.64. The van der Waals surface area contributed by atoms with Crippen LogP contribution in [0.4, 0.5) is 11.4 Å². The summed E-state index contributed by atoms with van der Waals surface area (Å²) in [6.07, 6.45) is 5.71. The number of aryl methyl sites for hydroxylation is 2. The van der Waals surface area contributed by atoms with Gasteiger partial charge >= 0.3 is 0 Å². The number of hydrogen-bond donors (Lipinski definition) is 0. The Morgan fingerprint density at radius 2 is 1.54 bits per heavy atom. The largest absolute Gasteiger partial charge is 0.368 e. The van der Waals surface area contributed by atoms with Crippen molar-refractivity contribution < 1.29 is 4.79 Å². The van der Waals surface area contributed by atoms with Crippen molar-refractivity contribution in [3.8, 4) is 12.3 Å². The summed E-state index contributed by atoms with van der Waals surface area (Å²) in [5.74, 6) is 2.96. The molecule has 0 atom stereocenters. The molecular formula is C32H36N4O. The Labute approximate surface area is 221 Å².